The molecule has 2 heterocycles. The average Bonchev–Trinajstić information content (AvgIpc) is 3.48. The molecule has 0 radical (unpaired) electrons. The quantitative estimate of drug-likeness (QED) is 0.184. The molecule has 2 N–H and O–H groups in total. The van der Waals surface area contributed by atoms with Crippen molar-refractivity contribution in [3.8, 4) is 17.2 Å². The molecule has 0 aliphatic heterocycles. The fraction of sp³-hybridized carbons (Fsp3) is 0.250. The summed E-state index contributed by atoms with van der Waals surface area (Å²) in [5.74, 6) is 0.148. The van der Waals surface area contributed by atoms with Crippen molar-refractivity contribution in [3.05, 3.63) is 108 Å². The molecule has 2 aromatic carbocycles. The number of carboxylic acid groups (broad SMARTS) is 1. The second-order valence-corrected chi connectivity index (χ2v) is 9.32. The van der Waals surface area contributed by atoms with Gasteiger partial charge in [0.15, 0.2) is 5.69 Å². The molecular weight excluding hydrogens is 506 g/mol. The van der Waals surface area contributed by atoms with Gasteiger partial charge >= 0.3 is 5.97 Å². The predicted octanol–water partition coefficient (Wildman–Crippen LogP) is 6.18. The number of amides is 1. The predicted molar refractivity (Wildman–Crippen MR) is 153 cm³/mol. The third-order valence-electron chi connectivity index (χ3n) is 6.43. The lowest BCUT2D eigenvalue weighted by atomic mass is 9.96. The van der Waals surface area contributed by atoms with Gasteiger partial charge in [0.1, 0.15) is 12.0 Å². The molecule has 0 saturated carbocycles. The molecule has 8 heteroatoms. The molecule has 40 heavy (non-hydrogen) atoms. The van der Waals surface area contributed by atoms with Crippen LogP contribution in [0.15, 0.2) is 89.8 Å². The Labute approximate surface area is 233 Å². The van der Waals surface area contributed by atoms with Crippen LogP contribution in [0.4, 0.5) is 0 Å². The molecule has 4 rings (SSSR count). The number of benzene rings is 2. The minimum absolute atomic E-state index is 0.171. The molecule has 8 nitrogen and oxygen atoms in total. The first-order chi connectivity index (χ1) is 19.5. The third kappa shape index (κ3) is 8.14. The van der Waals surface area contributed by atoms with Crippen molar-refractivity contribution in [3.63, 3.8) is 0 Å². The summed E-state index contributed by atoms with van der Waals surface area (Å²) in [6, 6.07) is 19.6. The van der Waals surface area contributed by atoms with Gasteiger partial charge in [0.05, 0.1) is 7.11 Å². The zero-order valence-corrected chi connectivity index (χ0v) is 22.5. The molecule has 4 aromatic rings. The Morgan fingerprint density at radius 2 is 1.80 bits per heavy atom. The van der Waals surface area contributed by atoms with Gasteiger partial charge in [-0.25, -0.2) is 4.98 Å². The molecule has 0 unspecified atom stereocenters. The second-order valence-electron chi connectivity index (χ2n) is 9.32. The number of nitrogens with one attached hydrogen (secondary N) is 1. The molecule has 206 valence electrons. The zero-order chi connectivity index (χ0) is 28.2. The molecule has 0 aliphatic rings. The molecule has 0 fully saturated rings. The van der Waals surface area contributed by atoms with Gasteiger partial charge in [-0.15, -0.1) is 0 Å². The number of oxazole rings is 1. The van der Waals surface area contributed by atoms with Crippen molar-refractivity contribution >= 4 is 17.4 Å². The number of ether oxygens (including phenoxy) is 1. The number of aryl methyl sites for hydroxylation is 1. The first kappa shape index (κ1) is 28.3. The number of hydrogen-bond donors (Lipinski definition) is 2. The van der Waals surface area contributed by atoms with E-state index < -0.39 is 5.97 Å². The molecule has 1 amide bonds. The number of hydrogen-bond acceptors (Lipinski definition) is 6. The van der Waals surface area contributed by atoms with Crippen molar-refractivity contribution < 1.29 is 23.8 Å². The summed E-state index contributed by atoms with van der Waals surface area (Å²) < 4.78 is 10.8. The fourth-order valence-corrected chi connectivity index (χ4v) is 4.27. The van der Waals surface area contributed by atoms with Crippen molar-refractivity contribution in [2.24, 2.45) is 0 Å². The van der Waals surface area contributed by atoms with E-state index in [2.05, 4.69) is 21.4 Å². The van der Waals surface area contributed by atoms with Gasteiger partial charge in [0.2, 0.25) is 5.89 Å². The summed E-state index contributed by atoms with van der Waals surface area (Å²) in [5.41, 5.74) is 5.18. The van der Waals surface area contributed by atoms with Crippen LogP contribution in [0.2, 0.25) is 0 Å². The summed E-state index contributed by atoms with van der Waals surface area (Å²) in [5, 5.41) is 11.8. The highest BCUT2D eigenvalue weighted by Gasteiger charge is 2.14. The van der Waals surface area contributed by atoms with Crippen molar-refractivity contribution in [2.75, 3.05) is 13.7 Å². The van der Waals surface area contributed by atoms with E-state index in [0.29, 0.717) is 18.9 Å². The van der Waals surface area contributed by atoms with Crippen molar-refractivity contribution in [2.45, 2.75) is 38.5 Å². The van der Waals surface area contributed by atoms with Gasteiger partial charge in [0, 0.05) is 36.5 Å². The smallest absolute Gasteiger partial charge is 0.303 e. The summed E-state index contributed by atoms with van der Waals surface area (Å²) in [4.78, 5) is 32.0. The van der Waals surface area contributed by atoms with Crippen LogP contribution in [0.1, 0.15) is 59.3 Å². The lowest BCUT2D eigenvalue weighted by Gasteiger charge is -2.09. The molecule has 0 atom stereocenters. The number of pyridine rings is 1. The van der Waals surface area contributed by atoms with Gasteiger partial charge in [-0.3, -0.25) is 14.6 Å². The Kier molecular flexibility index (Phi) is 10.2. The van der Waals surface area contributed by atoms with E-state index >= 15 is 0 Å². The Bertz CT molecular complexity index is 1410. The summed E-state index contributed by atoms with van der Waals surface area (Å²) in [7, 11) is 1.64. The minimum Gasteiger partial charge on any atom is -0.497 e. The van der Waals surface area contributed by atoms with Crippen LogP contribution >= 0.6 is 0 Å². The molecule has 0 saturated heterocycles. The number of allylic oxidation sites excluding steroid dienone is 1. The number of methoxy groups -OCH3 is 1. The lowest BCUT2D eigenvalue weighted by Crippen LogP contribution is -2.25. The summed E-state index contributed by atoms with van der Waals surface area (Å²) in [6.07, 6.45) is 11.0. The number of carboxylic acids is 1. The second kappa shape index (κ2) is 14.4. The van der Waals surface area contributed by atoms with Gasteiger partial charge in [-0.05, 0) is 79.1 Å². The molecule has 0 aliphatic carbocycles. The van der Waals surface area contributed by atoms with Crippen LogP contribution < -0.4 is 10.1 Å². The Morgan fingerprint density at radius 3 is 2.50 bits per heavy atom. The molecule has 0 bridgehead atoms. The normalized spacial score (nSPS) is 11.3. The largest absolute Gasteiger partial charge is 0.497 e. The monoisotopic (exact) mass is 539 g/mol. The maximum atomic E-state index is 12.6. The molecular formula is C32H33N3O5. The van der Waals surface area contributed by atoms with Crippen LogP contribution in [0, 0.1) is 0 Å². The third-order valence-corrected chi connectivity index (χ3v) is 6.43. The number of aromatic nitrogens is 2. The van der Waals surface area contributed by atoms with E-state index in [1.54, 1.807) is 13.3 Å². The van der Waals surface area contributed by atoms with Crippen molar-refractivity contribution in [1.82, 2.24) is 15.3 Å². The maximum absolute atomic E-state index is 12.6. The van der Waals surface area contributed by atoms with E-state index in [4.69, 9.17) is 14.3 Å². The van der Waals surface area contributed by atoms with Gasteiger partial charge < -0.3 is 19.6 Å². The number of carbonyl (C=O) groups is 2. The molecule has 2 aromatic heterocycles. The zero-order valence-electron chi connectivity index (χ0n) is 22.5. The average molecular weight is 540 g/mol. The highest BCUT2D eigenvalue weighted by atomic mass is 16.5. The Morgan fingerprint density at radius 1 is 1.00 bits per heavy atom. The lowest BCUT2D eigenvalue weighted by molar-refractivity contribution is -0.137. The van der Waals surface area contributed by atoms with Crippen LogP contribution in [0.5, 0.6) is 5.75 Å². The van der Waals surface area contributed by atoms with Gasteiger partial charge in [-0.1, -0.05) is 36.4 Å². The van der Waals surface area contributed by atoms with Gasteiger partial charge in [-0.2, -0.15) is 0 Å². The first-order valence-corrected chi connectivity index (χ1v) is 13.3. The standard InChI is InChI=1S/C32H33N3O5/c1-39-27-17-11-23(12-18-27)7-5-20-34-31(38)29-22-40-32(35-29)25-15-13-24(14-16-25)28(26-8-6-19-33-21-26)9-3-2-4-10-30(36)37/h6,8-9,11-19,21-22H,2-5,7,10,20H2,1H3,(H,34,38)(H,36,37). The van der Waals surface area contributed by atoms with E-state index in [1.807, 2.05) is 66.9 Å². The van der Waals surface area contributed by atoms with Gasteiger partial charge in [0.25, 0.3) is 5.91 Å². The van der Waals surface area contributed by atoms with Crippen LogP contribution in [0.25, 0.3) is 17.0 Å². The first-order valence-electron chi connectivity index (χ1n) is 13.3. The number of aliphatic carboxylic acids is 1. The Hall–Kier alpha value is -4.72. The van der Waals surface area contributed by atoms with E-state index in [1.165, 1.54) is 11.8 Å². The molecule has 0 spiro atoms. The summed E-state index contributed by atoms with van der Waals surface area (Å²) >= 11 is 0. The maximum Gasteiger partial charge on any atom is 0.303 e. The SMILES string of the molecule is COc1ccc(CCCNC(=O)c2coc(-c3ccc(C(=CCCCCC(=O)O)c4cccnc4)cc3)n2)cc1. The number of unbranched alkanes of at least 4 members (excludes halogenated alkanes) is 2. The van der Waals surface area contributed by atoms with Crippen LogP contribution in [-0.2, 0) is 11.2 Å². The van der Waals surface area contributed by atoms with E-state index in [-0.39, 0.29) is 18.0 Å². The van der Waals surface area contributed by atoms with Crippen molar-refractivity contribution in [1.29, 1.82) is 0 Å². The highest BCUT2D eigenvalue weighted by Crippen LogP contribution is 2.27. The highest BCUT2D eigenvalue weighted by molar-refractivity contribution is 5.92. The minimum atomic E-state index is -0.774. The number of rotatable bonds is 14. The van der Waals surface area contributed by atoms with E-state index in [9.17, 15) is 9.59 Å². The topological polar surface area (TPSA) is 115 Å². The summed E-state index contributed by atoms with van der Waals surface area (Å²) in [6.45, 7) is 0.529. The number of carbonyl (C=O) groups excluding carboxylic acids is 1. The fourth-order valence-electron chi connectivity index (χ4n) is 4.27. The number of nitrogens with zero attached hydrogens (tertiary/aromatic N) is 2. The van der Waals surface area contributed by atoms with E-state index in [0.717, 1.165) is 53.7 Å². The van der Waals surface area contributed by atoms with Crippen LogP contribution in [0.3, 0.4) is 0 Å². The van der Waals surface area contributed by atoms with Crippen LogP contribution in [-0.4, -0.2) is 40.6 Å². The Balaban J connectivity index is 1.35.